The molecule has 1 amide bonds. The van der Waals surface area contributed by atoms with E-state index in [1.165, 1.54) is 12.1 Å². The summed E-state index contributed by atoms with van der Waals surface area (Å²) < 4.78 is 26.6. The molecular formula is C24H14F2N2O2. The fourth-order valence-electron chi connectivity index (χ4n) is 3.01. The van der Waals surface area contributed by atoms with Crippen LogP contribution in [0.1, 0.15) is 27.0 Å². The summed E-state index contributed by atoms with van der Waals surface area (Å²) in [7, 11) is 0. The van der Waals surface area contributed by atoms with Gasteiger partial charge < -0.3 is 5.32 Å². The Kier molecular flexibility index (Phi) is 5.19. The van der Waals surface area contributed by atoms with Crippen LogP contribution >= 0.6 is 0 Å². The topological polar surface area (TPSA) is 59.1 Å². The van der Waals surface area contributed by atoms with Crippen LogP contribution in [0.5, 0.6) is 0 Å². The van der Waals surface area contributed by atoms with E-state index in [0.717, 1.165) is 17.7 Å². The molecule has 0 radical (unpaired) electrons. The van der Waals surface area contributed by atoms with Crippen LogP contribution in [0.15, 0.2) is 66.5 Å². The molecule has 30 heavy (non-hydrogen) atoms. The van der Waals surface area contributed by atoms with Crippen LogP contribution in [0, 0.1) is 23.5 Å². The van der Waals surface area contributed by atoms with E-state index in [0.29, 0.717) is 23.2 Å². The number of benzene rings is 2. The third kappa shape index (κ3) is 4.01. The van der Waals surface area contributed by atoms with Gasteiger partial charge in [-0.05, 0) is 59.7 Å². The Bertz CT molecular complexity index is 1260. The molecule has 0 saturated carbocycles. The van der Waals surface area contributed by atoms with Gasteiger partial charge in [0.15, 0.2) is 11.6 Å². The maximum atomic E-state index is 13.5. The highest BCUT2D eigenvalue weighted by molar-refractivity contribution is 6.36. The third-order valence-electron chi connectivity index (χ3n) is 4.53. The Hall–Kier alpha value is -4.11. The summed E-state index contributed by atoms with van der Waals surface area (Å²) in [5, 5.41) is 2.64. The van der Waals surface area contributed by atoms with Crippen molar-refractivity contribution in [3.8, 4) is 11.8 Å². The summed E-state index contributed by atoms with van der Waals surface area (Å²) in [6.07, 6.45) is 5.16. The highest BCUT2D eigenvalue weighted by Crippen LogP contribution is 2.27. The number of halogens is 2. The molecule has 4 nitrogen and oxygen atoms in total. The van der Waals surface area contributed by atoms with E-state index in [2.05, 4.69) is 22.1 Å². The van der Waals surface area contributed by atoms with Crippen LogP contribution in [0.25, 0.3) is 6.08 Å². The first-order valence-corrected chi connectivity index (χ1v) is 9.06. The Morgan fingerprint density at radius 2 is 1.77 bits per heavy atom. The first-order chi connectivity index (χ1) is 14.5. The minimum absolute atomic E-state index is 0.157. The van der Waals surface area contributed by atoms with Gasteiger partial charge in [-0.3, -0.25) is 14.6 Å². The van der Waals surface area contributed by atoms with Gasteiger partial charge in [-0.2, -0.15) is 0 Å². The van der Waals surface area contributed by atoms with E-state index in [1.54, 1.807) is 30.6 Å². The summed E-state index contributed by atoms with van der Waals surface area (Å²) in [4.78, 5) is 29.2. The van der Waals surface area contributed by atoms with Crippen molar-refractivity contribution < 1.29 is 18.4 Å². The molecule has 0 atom stereocenters. The molecule has 6 heteroatoms. The molecule has 0 aliphatic carbocycles. The molecule has 0 bridgehead atoms. The lowest BCUT2D eigenvalue weighted by atomic mass is 9.93. The first kappa shape index (κ1) is 19.2. The molecule has 2 heterocycles. The first-order valence-electron chi connectivity index (χ1n) is 9.06. The van der Waals surface area contributed by atoms with Gasteiger partial charge >= 0.3 is 0 Å². The van der Waals surface area contributed by atoms with Gasteiger partial charge in [0.2, 0.25) is 5.78 Å². The molecule has 0 spiro atoms. The van der Waals surface area contributed by atoms with Crippen molar-refractivity contribution in [3.63, 3.8) is 0 Å². The maximum absolute atomic E-state index is 13.5. The van der Waals surface area contributed by atoms with E-state index in [9.17, 15) is 18.4 Å². The largest absolute Gasteiger partial charge is 0.321 e. The Morgan fingerprint density at radius 3 is 2.53 bits per heavy atom. The Labute approximate surface area is 171 Å². The van der Waals surface area contributed by atoms with Crippen molar-refractivity contribution in [2.45, 2.75) is 6.42 Å². The number of carbonyl (C=O) groups is 2. The Balaban J connectivity index is 1.62. The zero-order valence-electron chi connectivity index (χ0n) is 15.6. The standard InChI is InChI=1S/C24H14F2N2O2/c25-20-6-4-17(14-21(20)26)13-19-23(29)18-12-16(5-7-22(18)28-24(19)30)3-1-2-15-8-10-27-11-9-15/h4-14H,2H2,(H,28,30). The molecule has 1 aliphatic heterocycles. The Morgan fingerprint density at radius 1 is 0.967 bits per heavy atom. The monoisotopic (exact) mass is 400 g/mol. The number of hydrogen-bond acceptors (Lipinski definition) is 3. The molecule has 1 aromatic heterocycles. The number of rotatable bonds is 2. The zero-order valence-corrected chi connectivity index (χ0v) is 15.6. The van der Waals surface area contributed by atoms with Gasteiger partial charge in [-0.15, -0.1) is 0 Å². The second-order valence-corrected chi connectivity index (χ2v) is 6.61. The molecule has 0 fully saturated rings. The molecule has 2 aromatic carbocycles. The summed E-state index contributed by atoms with van der Waals surface area (Å²) in [5.41, 5.74) is 2.38. The van der Waals surface area contributed by atoms with Gasteiger partial charge in [-0.25, -0.2) is 8.78 Å². The predicted octanol–water partition coefficient (Wildman–Crippen LogP) is 4.17. The average molecular weight is 400 g/mol. The van der Waals surface area contributed by atoms with E-state index >= 15 is 0 Å². The van der Waals surface area contributed by atoms with E-state index in [-0.39, 0.29) is 11.1 Å². The average Bonchev–Trinajstić information content (AvgIpc) is 2.75. The van der Waals surface area contributed by atoms with Crippen molar-refractivity contribution >= 4 is 23.5 Å². The van der Waals surface area contributed by atoms with Gasteiger partial charge in [-0.1, -0.05) is 17.9 Å². The fourth-order valence-corrected chi connectivity index (χ4v) is 3.01. The smallest absolute Gasteiger partial charge is 0.259 e. The number of nitrogens with zero attached hydrogens (tertiary/aromatic N) is 1. The molecule has 3 aromatic rings. The minimum Gasteiger partial charge on any atom is -0.321 e. The van der Waals surface area contributed by atoms with Gasteiger partial charge in [0.25, 0.3) is 5.91 Å². The highest BCUT2D eigenvalue weighted by atomic mass is 19.2. The predicted molar refractivity (Wildman–Crippen MR) is 109 cm³/mol. The number of aromatic nitrogens is 1. The lowest BCUT2D eigenvalue weighted by Crippen LogP contribution is -2.27. The maximum Gasteiger partial charge on any atom is 0.259 e. The molecule has 0 saturated heterocycles. The second-order valence-electron chi connectivity index (χ2n) is 6.61. The van der Waals surface area contributed by atoms with E-state index < -0.39 is 23.3 Å². The normalized spacial score (nSPS) is 14.0. The number of pyridine rings is 1. The summed E-state index contributed by atoms with van der Waals surface area (Å²) in [6, 6.07) is 11.9. The van der Waals surface area contributed by atoms with Crippen molar-refractivity contribution in [1.82, 2.24) is 4.98 Å². The second kappa shape index (κ2) is 8.10. The summed E-state index contributed by atoms with van der Waals surface area (Å²) in [5.74, 6) is 2.89. The van der Waals surface area contributed by atoms with Gasteiger partial charge in [0, 0.05) is 29.9 Å². The molecule has 4 rings (SSSR count). The molecule has 1 aliphatic rings. The summed E-state index contributed by atoms with van der Waals surface area (Å²) in [6.45, 7) is 0. The molecule has 146 valence electrons. The lowest BCUT2D eigenvalue weighted by Gasteiger charge is -2.18. The molecule has 0 unspecified atom stereocenters. The van der Waals surface area contributed by atoms with Crippen LogP contribution in [-0.4, -0.2) is 16.7 Å². The molecular weight excluding hydrogens is 386 g/mol. The van der Waals surface area contributed by atoms with Crippen molar-refractivity contribution in [2.75, 3.05) is 5.32 Å². The number of fused-ring (bicyclic) bond motifs is 1. The molecule has 1 N–H and O–H groups in total. The van der Waals surface area contributed by atoms with Crippen molar-refractivity contribution in [1.29, 1.82) is 0 Å². The number of Topliss-reactive ketones (excluding diaryl/α,β-unsaturated/α-hetero) is 1. The number of ketones is 1. The number of anilines is 1. The zero-order chi connectivity index (χ0) is 21.1. The quantitative estimate of drug-likeness (QED) is 0.399. The van der Waals surface area contributed by atoms with Gasteiger partial charge in [0.1, 0.15) is 0 Å². The summed E-state index contributed by atoms with van der Waals surface area (Å²) >= 11 is 0. The van der Waals surface area contributed by atoms with Crippen molar-refractivity contribution in [2.24, 2.45) is 0 Å². The van der Waals surface area contributed by atoms with Gasteiger partial charge in [0.05, 0.1) is 11.3 Å². The van der Waals surface area contributed by atoms with Crippen LogP contribution in [0.3, 0.4) is 0 Å². The van der Waals surface area contributed by atoms with E-state index in [4.69, 9.17) is 0 Å². The SMILES string of the molecule is O=C1Nc2ccc(C#CCc3ccncc3)cc2C(=O)C1=Cc1ccc(F)c(F)c1. The number of carbonyl (C=O) groups excluding carboxylic acids is 2. The minimum atomic E-state index is -1.06. The number of amides is 1. The lowest BCUT2D eigenvalue weighted by molar-refractivity contribution is -0.112. The third-order valence-corrected chi connectivity index (χ3v) is 4.53. The van der Waals surface area contributed by atoms with Crippen LogP contribution in [0.2, 0.25) is 0 Å². The number of hydrogen-bond donors (Lipinski definition) is 1. The van der Waals surface area contributed by atoms with Crippen LogP contribution in [0.4, 0.5) is 14.5 Å². The fraction of sp³-hybridized carbons (Fsp3) is 0.0417. The van der Waals surface area contributed by atoms with Crippen LogP contribution in [-0.2, 0) is 11.2 Å². The van der Waals surface area contributed by atoms with E-state index in [1.807, 2.05) is 12.1 Å². The highest BCUT2D eigenvalue weighted by Gasteiger charge is 2.28. The van der Waals surface area contributed by atoms with Crippen molar-refractivity contribution in [3.05, 3.63) is 100 Å². The van der Waals surface area contributed by atoms with Crippen LogP contribution < -0.4 is 5.32 Å². The number of nitrogens with one attached hydrogen (secondary N) is 1.